The molecule has 1 aliphatic heterocycles. The van der Waals surface area contributed by atoms with Crippen molar-refractivity contribution >= 4 is 39.0 Å². The largest absolute Gasteiger partial charge is 0.485 e. The number of aryl methyl sites for hydroxylation is 1. The average molecular weight is 696 g/mol. The second-order valence-electron chi connectivity index (χ2n) is 14.0. The summed E-state index contributed by atoms with van der Waals surface area (Å²) in [5.41, 5.74) is 14.5. The molecule has 0 radical (unpaired) electrons. The summed E-state index contributed by atoms with van der Waals surface area (Å²) in [6.45, 7) is 0. The number of hydrogen-bond donors (Lipinski definition) is 0. The van der Waals surface area contributed by atoms with Gasteiger partial charge in [0.1, 0.15) is 23.0 Å². The standard InChI is InChI=1S/C51H37NO2/c1-4-12-35(13-5-1)36-22-24-37(25-23-36)40-16-10-19-44(32-40)52(42-17-8-3-9-18-42)43-29-26-38(27-30-43)45-20-11-21-48-51(45)46-34-49-41(33-50(46)54-48)28-31-47(53-49)39-14-6-2-7-15-39/h1-27,29-30,32-34,47H,28,31H2. The van der Waals surface area contributed by atoms with E-state index in [-0.39, 0.29) is 6.10 Å². The Hall–Kier alpha value is -6.84. The first kappa shape index (κ1) is 31.9. The summed E-state index contributed by atoms with van der Waals surface area (Å²) in [5, 5.41) is 2.19. The Kier molecular flexibility index (Phi) is 8.03. The van der Waals surface area contributed by atoms with Crippen LogP contribution in [0, 0.1) is 0 Å². The van der Waals surface area contributed by atoms with Gasteiger partial charge in [-0.05, 0) is 112 Å². The van der Waals surface area contributed by atoms with Crippen molar-refractivity contribution < 1.29 is 9.15 Å². The maximum absolute atomic E-state index is 6.63. The molecule has 258 valence electrons. The lowest BCUT2D eigenvalue weighted by molar-refractivity contribution is 0.177. The fourth-order valence-electron chi connectivity index (χ4n) is 7.97. The molecular formula is C51H37NO2. The lowest BCUT2D eigenvalue weighted by atomic mass is 9.95. The third kappa shape index (κ3) is 5.90. The molecule has 0 saturated carbocycles. The van der Waals surface area contributed by atoms with Gasteiger partial charge in [-0.3, -0.25) is 0 Å². The molecule has 8 aromatic carbocycles. The molecule has 9 aromatic rings. The van der Waals surface area contributed by atoms with E-state index in [1.807, 2.05) is 0 Å². The van der Waals surface area contributed by atoms with Crippen LogP contribution in [0.15, 0.2) is 199 Å². The number of benzene rings is 8. The van der Waals surface area contributed by atoms with Crippen LogP contribution in [-0.2, 0) is 6.42 Å². The number of rotatable bonds is 7. The van der Waals surface area contributed by atoms with Gasteiger partial charge in [-0.25, -0.2) is 0 Å². The highest BCUT2D eigenvalue weighted by Gasteiger charge is 2.24. The van der Waals surface area contributed by atoms with Gasteiger partial charge < -0.3 is 14.1 Å². The third-order valence-electron chi connectivity index (χ3n) is 10.7. The molecular weight excluding hydrogens is 659 g/mol. The predicted octanol–water partition coefficient (Wildman–Crippen LogP) is 14.1. The van der Waals surface area contributed by atoms with Crippen molar-refractivity contribution in [1.82, 2.24) is 0 Å². The normalized spacial score (nSPS) is 13.7. The smallest absolute Gasteiger partial charge is 0.136 e. The number of para-hydroxylation sites is 1. The van der Waals surface area contributed by atoms with Crippen LogP contribution < -0.4 is 9.64 Å². The number of furan rings is 1. The molecule has 3 heteroatoms. The fourth-order valence-corrected chi connectivity index (χ4v) is 7.97. The molecule has 0 spiro atoms. The Morgan fingerprint density at radius 1 is 0.444 bits per heavy atom. The van der Waals surface area contributed by atoms with E-state index in [2.05, 4.69) is 199 Å². The van der Waals surface area contributed by atoms with Crippen molar-refractivity contribution in [2.24, 2.45) is 0 Å². The van der Waals surface area contributed by atoms with E-state index in [0.717, 1.165) is 68.7 Å². The summed E-state index contributed by atoms with van der Waals surface area (Å²) in [7, 11) is 0. The van der Waals surface area contributed by atoms with Gasteiger partial charge in [0.05, 0.1) is 0 Å². The minimum Gasteiger partial charge on any atom is -0.485 e. The molecule has 0 N–H and O–H groups in total. The zero-order chi connectivity index (χ0) is 35.8. The molecule has 2 heterocycles. The van der Waals surface area contributed by atoms with E-state index >= 15 is 0 Å². The van der Waals surface area contributed by atoms with Gasteiger partial charge in [-0.15, -0.1) is 0 Å². The van der Waals surface area contributed by atoms with Crippen molar-refractivity contribution in [2.75, 3.05) is 4.90 Å². The van der Waals surface area contributed by atoms with Crippen LogP contribution in [0.4, 0.5) is 17.1 Å². The van der Waals surface area contributed by atoms with Gasteiger partial charge in [-0.2, -0.15) is 0 Å². The first-order valence-corrected chi connectivity index (χ1v) is 18.7. The van der Waals surface area contributed by atoms with Crippen LogP contribution in [0.1, 0.15) is 23.7 Å². The van der Waals surface area contributed by atoms with Crippen molar-refractivity contribution in [3.63, 3.8) is 0 Å². The topological polar surface area (TPSA) is 25.6 Å². The van der Waals surface area contributed by atoms with Gasteiger partial charge in [-0.1, -0.05) is 140 Å². The molecule has 1 aliphatic rings. The number of fused-ring (bicyclic) bond motifs is 4. The van der Waals surface area contributed by atoms with Crippen molar-refractivity contribution in [1.29, 1.82) is 0 Å². The van der Waals surface area contributed by atoms with Crippen LogP contribution in [0.25, 0.3) is 55.3 Å². The SMILES string of the molecule is c1ccc(-c2ccc(-c3cccc(N(c4ccccc4)c4ccc(-c5cccc6oc7cc8c(cc7c56)OC(c5ccccc5)CC8)cc4)c3)cc2)cc1. The lowest BCUT2D eigenvalue weighted by Crippen LogP contribution is -2.14. The summed E-state index contributed by atoms with van der Waals surface area (Å²) in [6, 6.07) is 68.9. The first-order chi connectivity index (χ1) is 26.7. The zero-order valence-electron chi connectivity index (χ0n) is 29.7. The van der Waals surface area contributed by atoms with Gasteiger partial charge in [0.25, 0.3) is 0 Å². The molecule has 0 fully saturated rings. The second kappa shape index (κ2) is 13.6. The van der Waals surface area contributed by atoms with Crippen LogP contribution in [-0.4, -0.2) is 0 Å². The Morgan fingerprint density at radius 3 is 1.80 bits per heavy atom. The lowest BCUT2D eigenvalue weighted by Gasteiger charge is -2.26. The number of nitrogens with zero attached hydrogens (tertiary/aromatic N) is 1. The highest BCUT2D eigenvalue weighted by atomic mass is 16.5. The molecule has 10 rings (SSSR count). The van der Waals surface area contributed by atoms with Gasteiger partial charge in [0.15, 0.2) is 0 Å². The molecule has 0 amide bonds. The molecule has 1 unspecified atom stereocenters. The van der Waals surface area contributed by atoms with Crippen LogP contribution in [0.5, 0.6) is 5.75 Å². The summed E-state index contributed by atoms with van der Waals surface area (Å²) < 4.78 is 13.1. The maximum Gasteiger partial charge on any atom is 0.136 e. The Morgan fingerprint density at radius 2 is 1.04 bits per heavy atom. The summed E-state index contributed by atoms with van der Waals surface area (Å²) in [5.74, 6) is 0.948. The first-order valence-electron chi connectivity index (χ1n) is 18.7. The van der Waals surface area contributed by atoms with E-state index in [9.17, 15) is 0 Å². The van der Waals surface area contributed by atoms with Crippen LogP contribution in [0.2, 0.25) is 0 Å². The number of anilines is 3. The molecule has 1 atom stereocenters. The van der Waals surface area contributed by atoms with E-state index in [0.29, 0.717) is 0 Å². The number of hydrogen-bond acceptors (Lipinski definition) is 3. The van der Waals surface area contributed by atoms with Crippen LogP contribution in [0.3, 0.4) is 0 Å². The summed E-state index contributed by atoms with van der Waals surface area (Å²) >= 11 is 0. The Labute approximate surface area is 315 Å². The molecule has 54 heavy (non-hydrogen) atoms. The molecule has 0 saturated heterocycles. The van der Waals surface area contributed by atoms with E-state index in [4.69, 9.17) is 9.15 Å². The average Bonchev–Trinajstić information content (AvgIpc) is 3.62. The van der Waals surface area contributed by atoms with Gasteiger partial charge in [0, 0.05) is 27.8 Å². The maximum atomic E-state index is 6.63. The minimum atomic E-state index is 0.0507. The zero-order valence-corrected chi connectivity index (χ0v) is 29.7. The van der Waals surface area contributed by atoms with Gasteiger partial charge in [0.2, 0.25) is 0 Å². The third-order valence-corrected chi connectivity index (χ3v) is 10.7. The molecule has 3 nitrogen and oxygen atoms in total. The Bertz CT molecular complexity index is 2720. The highest BCUT2D eigenvalue weighted by molar-refractivity contribution is 6.13. The summed E-state index contributed by atoms with van der Waals surface area (Å²) in [4.78, 5) is 2.33. The van der Waals surface area contributed by atoms with E-state index in [1.165, 1.54) is 33.4 Å². The van der Waals surface area contributed by atoms with E-state index < -0.39 is 0 Å². The van der Waals surface area contributed by atoms with Crippen molar-refractivity contribution in [3.8, 4) is 39.1 Å². The molecule has 0 bridgehead atoms. The highest BCUT2D eigenvalue weighted by Crippen LogP contribution is 2.44. The quantitative estimate of drug-likeness (QED) is 0.166. The minimum absolute atomic E-state index is 0.0507. The van der Waals surface area contributed by atoms with Crippen molar-refractivity contribution in [2.45, 2.75) is 18.9 Å². The number of ether oxygens (including phenoxy) is 1. The molecule has 1 aromatic heterocycles. The monoisotopic (exact) mass is 695 g/mol. The van der Waals surface area contributed by atoms with Crippen molar-refractivity contribution in [3.05, 3.63) is 205 Å². The second-order valence-corrected chi connectivity index (χ2v) is 14.0. The predicted molar refractivity (Wildman–Crippen MR) is 223 cm³/mol. The fraction of sp³-hybridized carbons (Fsp3) is 0.0588. The summed E-state index contributed by atoms with van der Waals surface area (Å²) in [6.07, 6.45) is 1.96. The Balaban J connectivity index is 1.00. The van der Waals surface area contributed by atoms with E-state index in [1.54, 1.807) is 0 Å². The van der Waals surface area contributed by atoms with Crippen LogP contribution >= 0.6 is 0 Å². The van der Waals surface area contributed by atoms with Gasteiger partial charge >= 0.3 is 0 Å². The molecule has 0 aliphatic carbocycles.